The summed E-state index contributed by atoms with van der Waals surface area (Å²) in [6, 6.07) is 0. The molecule has 8 heteroatoms. The van der Waals surface area contributed by atoms with E-state index >= 15 is 0 Å². The Bertz CT molecular complexity index is 337. The maximum absolute atomic E-state index is 10.1. The van der Waals surface area contributed by atoms with Gasteiger partial charge >= 0.3 is 29.6 Å². The van der Waals surface area contributed by atoms with Crippen LogP contribution < -0.4 is 29.6 Å². The molecule has 0 aliphatic heterocycles. The minimum absolute atomic E-state index is 0. The van der Waals surface area contributed by atoms with Gasteiger partial charge in [0.25, 0.3) is 0 Å². The fraction of sp³-hybridized carbons (Fsp3) is 0.933. The van der Waals surface area contributed by atoms with Gasteiger partial charge in [-0.3, -0.25) is 8.98 Å². The number of nitrogens with zero attached hydrogens (tertiary/aromatic N) is 1. The maximum atomic E-state index is 10.1. The SMILES string of the molecule is CCCCCCCCCCCCOS(=O)(=O)[O-].CN(C)C=O.[Na+]. The van der Waals surface area contributed by atoms with Crippen LogP contribution in [-0.2, 0) is 19.4 Å². The third-order valence-electron chi connectivity index (χ3n) is 2.94. The summed E-state index contributed by atoms with van der Waals surface area (Å²) in [7, 11) is -1.11. The summed E-state index contributed by atoms with van der Waals surface area (Å²) < 4.78 is 34.5. The van der Waals surface area contributed by atoms with Crippen LogP contribution in [0.5, 0.6) is 0 Å². The van der Waals surface area contributed by atoms with E-state index in [0.717, 1.165) is 19.3 Å². The first-order chi connectivity index (χ1) is 10.3. The van der Waals surface area contributed by atoms with Gasteiger partial charge in [-0.1, -0.05) is 64.7 Å². The van der Waals surface area contributed by atoms with Gasteiger partial charge in [-0.2, -0.15) is 0 Å². The van der Waals surface area contributed by atoms with Crippen LogP contribution in [0.15, 0.2) is 0 Å². The predicted octanol–water partition coefficient (Wildman–Crippen LogP) is 0.0925. The van der Waals surface area contributed by atoms with E-state index in [0.29, 0.717) is 6.42 Å². The Labute approximate surface area is 164 Å². The summed E-state index contributed by atoms with van der Waals surface area (Å²) in [5.74, 6) is 0. The van der Waals surface area contributed by atoms with E-state index in [1.807, 2.05) is 0 Å². The molecule has 0 aromatic rings. The minimum Gasteiger partial charge on any atom is -0.726 e. The van der Waals surface area contributed by atoms with Gasteiger partial charge in [0.05, 0.1) is 6.61 Å². The fourth-order valence-electron chi connectivity index (χ4n) is 1.75. The van der Waals surface area contributed by atoms with Gasteiger partial charge < -0.3 is 9.45 Å². The molecule has 0 fully saturated rings. The number of unbranched alkanes of at least 4 members (excludes halogenated alkanes) is 9. The molecule has 0 aromatic heterocycles. The van der Waals surface area contributed by atoms with Crippen LogP contribution in [0, 0.1) is 0 Å². The first-order valence-corrected chi connectivity index (χ1v) is 9.38. The van der Waals surface area contributed by atoms with Crippen molar-refractivity contribution < 1.29 is 51.5 Å². The molecule has 0 saturated heterocycles. The van der Waals surface area contributed by atoms with Crippen LogP contribution in [0.4, 0.5) is 0 Å². The smallest absolute Gasteiger partial charge is 0.726 e. The molecule has 0 aliphatic carbocycles. The molecule has 0 unspecified atom stereocenters. The quantitative estimate of drug-likeness (QED) is 0.153. The molecule has 0 saturated carbocycles. The van der Waals surface area contributed by atoms with Crippen molar-refractivity contribution in [1.29, 1.82) is 0 Å². The Hall–Kier alpha value is 0.340. The largest absolute Gasteiger partial charge is 1.00 e. The zero-order valence-electron chi connectivity index (χ0n) is 15.3. The van der Waals surface area contributed by atoms with Gasteiger partial charge in [0.2, 0.25) is 16.8 Å². The summed E-state index contributed by atoms with van der Waals surface area (Å²) in [5.41, 5.74) is 0. The van der Waals surface area contributed by atoms with Gasteiger partial charge in [0, 0.05) is 14.1 Å². The van der Waals surface area contributed by atoms with E-state index in [1.54, 1.807) is 14.1 Å². The van der Waals surface area contributed by atoms with E-state index < -0.39 is 10.4 Å². The predicted molar refractivity (Wildman–Crippen MR) is 87.2 cm³/mol. The van der Waals surface area contributed by atoms with Crippen molar-refractivity contribution in [3.8, 4) is 0 Å². The average Bonchev–Trinajstić information content (AvgIpc) is 2.44. The molecule has 134 valence electrons. The number of amides is 1. The fourth-order valence-corrected chi connectivity index (χ4v) is 2.07. The van der Waals surface area contributed by atoms with Crippen molar-refractivity contribution in [2.24, 2.45) is 0 Å². The Kier molecular flexibility index (Phi) is 25.0. The molecule has 0 atom stereocenters. The second kappa shape index (κ2) is 20.4. The zero-order valence-corrected chi connectivity index (χ0v) is 18.1. The Morgan fingerprint density at radius 1 is 0.913 bits per heavy atom. The Morgan fingerprint density at radius 3 is 1.57 bits per heavy atom. The monoisotopic (exact) mass is 361 g/mol. The third kappa shape index (κ3) is 34.6. The van der Waals surface area contributed by atoms with E-state index in [4.69, 9.17) is 0 Å². The molecular formula is C15H32NNaO5S. The summed E-state index contributed by atoms with van der Waals surface area (Å²) in [6.45, 7) is 2.24. The number of carbonyl (C=O) groups excluding carboxylic acids is 1. The topological polar surface area (TPSA) is 86.7 Å². The minimum atomic E-state index is -4.48. The molecule has 0 aliphatic rings. The van der Waals surface area contributed by atoms with Crippen LogP contribution in [0.3, 0.4) is 0 Å². The number of hydrogen-bond donors (Lipinski definition) is 0. The van der Waals surface area contributed by atoms with Gasteiger partial charge in [-0.05, 0) is 6.42 Å². The zero-order chi connectivity index (χ0) is 17.3. The second-order valence-electron chi connectivity index (χ2n) is 5.48. The summed E-state index contributed by atoms with van der Waals surface area (Å²) >= 11 is 0. The third-order valence-corrected chi connectivity index (χ3v) is 3.39. The van der Waals surface area contributed by atoms with Crippen molar-refractivity contribution in [2.75, 3.05) is 20.7 Å². The van der Waals surface area contributed by atoms with Crippen LogP contribution in [0.1, 0.15) is 71.1 Å². The number of carbonyl (C=O) groups is 1. The molecule has 0 N–H and O–H groups in total. The number of rotatable bonds is 13. The Morgan fingerprint density at radius 2 is 1.26 bits per heavy atom. The normalized spacial score (nSPS) is 10.3. The van der Waals surface area contributed by atoms with E-state index in [1.165, 1.54) is 49.8 Å². The van der Waals surface area contributed by atoms with Crippen LogP contribution in [0.25, 0.3) is 0 Å². The summed E-state index contributed by atoms with van der Waals surface area (Å²) in [5, 5.41) is 0. The average molecular weight is 361 g/mol. The molecule has 0 bridgehead atoms. The summed E-state index contributed by atoms with van der Waals surface area (Å²) in [6.07, 6.45) is 12.4. The first kappa shape index (κ1) is 28.2. The molecule has 0 spiro atoms. The van der Waals surface area contributed by atoms with Crippen LogP contribution in [-0.4, -0.2) is 45.0 Å². The van der Waals surface area contributed by atoms with Gasteiger partial charge in [-0.25, -0.2) is 8.42 Å². The molecule has 0 aromatic carbocycles. The molecule has 0 rings (SSSR count). The van der Waals surface area contributed by atoms with Crippen molar-refractivity contribution in [1.82, 2.24) is 4.90 Å². The molecule has 0 radical (unpaired) electrons. The van der Waals surface area contributed by atoms with Crippen LogP contribution >= 0.6 is 0 Å². The van der Waals surface area contributed by atoms with E-state index in [-0.39, 0.29) is 36.2 Å². The van der Waals surface area contributed by atoms with E-state index in [9.17, 15) is 17.8 Å². The van der Waals surface area contributed by atoms with Crippen molar-refractivity contribution in [2.45, 2.75) is 71.1 Å². The second-order valence-corrected chi connectivity index (χ2v) is 6.53. The van der Waals surface area contributed by atoms with Crippen molar-refractivity contribution in [3.63, 3.8) is 0 Å². The van der Waals surface area contributed by atoms with E-state index in [2.05, 4.69) is 11.1 Å². The molecule has 1 amide bonds. The van der Waals surface area contributed by atoms with Gasteiger partial charge in [-0.15, -0.1) is 0 Å². The summed E-state index contributed by atoms with van der Waals surface area (Å²) in [4.78, 5) is 10.9. The van der Waals surface area contributed by atoms with Crippen LogP contribution in [0.2, 0.25) is 0 Å². The molecule has 0 heterocycles. The molecule has 23 heavy (non-hydrogen) atoms. The van der Waals surface area contributed by atoms with Gasteiger partial charge in [0.1, 0.15) is 0 Å². The van der Waals surface area contributed by atoms with Gasteiger partial charge in [0.15, 0.2) is 0 Å². The van der Waals surface area contributed by atoms with Crippen molar-refractivity contribution >= 4 is 16.8 Å². The number of hydrogen-bond acceptors (Lipinski definition) is 5. The standard InChI is InChI=1S/C12H26O4S.C3H7NO.Na/c1-2-3-4-5-6-7-8-9-10-11-12-16-17(13,14)15;1-4(2)3-5;/h2-12H2,1H3,(H,13,14,15);3H,1-2H3;/q;;+1/p-1. The van der Waals surface area contributed by atoms with Crippen molar-refractivity contribution in [3.05, 3.63) is 0 Å². The Balaban J connectivity index is -0.000000578. The maximum Gasteiger partial charge on any atom is 1.00 e. The molecular weight excluding hydrogens is 329 g/mol. The first-order valence-electron chi connectivity index (χ1n) is 8.05. The molecule has 6 nitrogen and oxygen atoms in total.